The molecule has 88 valence electrons. The van der Waals surface area contributed by atoms with Crippen LogP contribution in [-0.2, 0) is 0 Å². The van der Waals surface area contributed by atoms with Crippen LogP contribution in [0.2, 0.25) is 0 Å². The Morgan fingerprint density at radius 2 is 1.93 bits per heavy atom. The molecule has 2 fully saturated rings. The smallest absolute Gasteiger partial charge is 0.249 e. The molecule has 1 saturated carbocycles. The van der Waals surface area contributed by atoms with Gasteiger partial charge in [-0.15, -0.1) is 0 Å². The topological polar surface area (TPSA) is 40.5 Å². The number of rotatable bonds is 2. The zero-order valence-electron chi connectivity index (χ0n) is 8.51. The van der Waals surface area contributed by atoms with E-state index < -0.39 is 16.9 Å². The van der Waals surface area contributed by atoms with Gasteiger partial charge in [0.05, 0.1) is 12.2 Å². The molecule has 0 aromatic heterocycles. The third kappa shape index (κ3) is 1.78. The Balaban J connectivity index is 2.13. The Morgan fingerprint density at radius 3 is 2.33 bits per heavy atom. The predicted octanol–water partition coefficient (Wildman–Crippen LogP) is 1.65. The minimum Gasteiger partial charge on any atom is -0.396 e. The molecule has 0 bridgehead atoms. The van der Waals surface area contributed by atoms with Gasteiger partial charge < -0.3 is 10.2 Å². The van der Waals surface area contributed by atoms with E-state index in [9.17, 15) is 19.0 Å². The molecule has 2 aliphatic rings. The van der Waals surface area contributed by atoms with Gasteiger partial charge in [0.1, 0.15) is 0 Å². The van der Waals surface area contributed by atoms with E-state index in [1.165, 1.54) is 0 Å². The van der Waals surface area contributed by atoms with Crippen LogP contribution in [0.3, 0.4) is 0 Å². The standard InChI is InChI=1S/C10H16F2O2S/c11-10(12)4-8(5-10,6-13)9(14)2-1-3-15-7-9/h13-14H,1-7H2. The number of halogens is 2. The number of hydrogen-bond donors (Lipinski definition) is 2. The van der Waals surface area contributed by atoms with Crippen molar-refractivity contribution in [1.82, 2.24) is 0 Å². The van der Waals surface area contributed by atoms with Crippen molar-refractivity contribution in [3.05, 3.63) is 0 Å². The number of alkyl halides is 2. The summed E-state index contributed by atoms with van der Waals surface area (Å²) in [7, 11) is 0. The second-order valence-electron chi connectivity index (χ2n) is 4.84. The molecule has 0 aromatic carbocycles. The van der Waals surface area contributed by atoms with Crippen molar-refractivity contribution in [2.75, 3.05) is 18.1 Å². The van der Waals surface area contributed by atoms with Crippen molar-refractivity contribution in [3.8, 4) is 0 Å². The summed E-state index contributed by atoms with van der Waals surface area (Å²) in [6.07, 6.45) is 0.645. The molecule has 15 heavy (non-hydrogen) atoms. The van der Waals surface area contributed by atoms with E-state index in [0.717, 1.165) is 12.2 Å². The normalized spacial score (nSPS) is 38.4. The summed E-state index contributed by atoms with van der Waals surface area (Å²) >= 11 is 1.59. The average Bonchev–Trinajstić information content (AvgIpc) is 2.14. The Kier molecular flexibility index (Phi) is 2.76. The van der Waals surface area contributed by atoms with Crippen LogP contribution in [0.1, 0.15) is 25.7 Å². The van der Waals surface area contributed by atoms with Gasteiger partial charge in [0.15, 0.2) is 0 Å². The zero-order chi connectivity index (χ0) is 11.2. The lowest BCUT2D eigenvalue weighted by Gasteiger charge is -2.56. The van der Waals surface area contributed by atoms with Crippen molar-refractivity contribution in [3.63, 3.8) is 0 Å². The number of hydrogen-bond acceptors (Lipinski definition) is 3. The fraction of sp³-hybridized carbons (Fsp3) is 1.00. The molecule has 1 aliphatic carbocycles. The fourth-order valence-corrected chi connectivity index (χ4v) is 4.01. The quantitative estimate of drug-likeness (QED) is 0.768. The molecular formula is C10H16F2O2S. The second kappa shape index (κ2) is 3.57. The molecule has 0 aromatic rings. The van der Waals surface area contributed by atoms with Gasteiger partial charge in [-0.3, -0.25) is 0 Å². The Labute approximate surface area is 92.1 Å². The SMILES string of the molecule is OCC1(C2(O)CCCSC2)CC(F)(F)C1. The average molecular weight is 238 g/mol. The lowest BCUT2D eigenvalue weighted by atomic mass is 9.56. The van der Waals surface area contributed by atoms with E-state index in [-0.39, 0.29) is 19.4 Å². The fourth-order valence-electron chi connectivity index (χ4n) is 2.72. The molecule has 1 heterocycles. The summed E-state index contributed by atoms with van der Waals surface area (Å²) in [5.41, 5.74) is -2.05. The van der Waals surface area contributed by atoms with Gasteiger partial charge in [0.2, 0.25) is 5.92 Å². The third-order valence-electron chi connectivity index (χ3n) is 3.70. The monoisotopic (exact) mass is 238 g/mol. The minimum atomic E-state index is -2.69. The van der Waals surface area contributed by atoms with E-state index in [2.05, 4.69) is 0 Å². The van der Waals surface area contributed by atoms with Crippen molar-refractivity contribution < 1.29 is 19.0 Å². The maximum Gasteiger partial charge on any atom is 0.249 e. The summed E-state index contributed by atoms with van der Waals surface area (Å²) in [5, 5.41) is 19.6. The van der Waals surface area contributed by atoms with Gasteiger partial charge in [0.25, 0.3) is 0 Å². The summed E-state index contributed by atoms with van der Waals surface area (Å²) in [6.45, 7) is -0.334. The summed E-state index contributed by atoms with van der Waals surface area (Å²) in [4.78, 5) is 0. The highest BCUT2D eigenvalue weighted by atomic mass is 32.2. The molecule has 1 saturated heterocycles. The van der Waals surface area contributed by atoms with Crippen LogP contribution in [0.4, 0.5) is 8.78 Å². The van der Waals surface area contributed by atoms with Crippen molar-refractivity contribution in [2.45, 2.75) is 37.2 Å². The van der Waals surface area contributed by atoms with E-state index >= 15 is 0 Å². The maximum atomic E-state index is 12.9. The van der Waals surface area contributed by atoms with Crippen LogP contribution in [0.5, 0.6) is 0 Å². The molecule has 1 atom stereocenters. The van der Waals surface area contributed by atoms with Crippen LogP contribution < -0.4 is 0 Å². The van der Waals surface area contributed by atoms with Gasteiger partial charge in [-0.05, 0) is 18.6 Å². The first-order valence-corrected chi connectivity index (χ1v) is 6.37. The van der Waals surface area contributed by atoms with Gasteiger partial charge in [-0.25, -0.2) is 8.78 Å². The Bertz CT molecular complexity index is 244. The molecule has 2 rings (SSSR count). The van der Waals surface area contributed by atoms with Crippen LogP contribution >= 0.6 is 11.8 Å². The van der Waals surface area contributed by atoms with E-state index in [4.69, 9.17) is 0 Å². The van der Waals surface area contributed by atoms with Crippen LogP contribution in [0, 0.1) is 5.41 Å². The van der Waals surface area contributed by atoms with Gasteiger partial charge in [0, 0.05) is 24.0 Å². The molecular weight excluding hydrogens is 222 g/mol. The number of thioether (sulfide) groups is 1. The van der Waals surface area contributed by atoms with Gasteiger partial charge in [-0.1, -0.05) is 0 Å². The number of aliphatic hydroxyl groups excluding tert-OH is 1. The minimum absolute atomic E-state index is 0.334. The molecule has 2 nitrogen and oxygen atoms in total. The van der Waals surface area contributed by atoms with Crippen molar-refractivity contribution in [2.24, 2.45) is 5.41 Å². The van der Waals surface area contributed by atoms with Crippen LogP contribution in [-0.4, -0.2) is 39.8 Å². The van der Waals surface area contributed by atoms with Gasteiger partial charge >= 0.3 is 0 Å². The molecule has 2 N–H and O–H groups in total. The lowest BCUT2D eigenvalue weighted by molar-refractivity contribution is -0.247. The molecule has 0 radical (unpaired) electrons. The third-order valence-corrected chi connectivity index (χ3v) is 4.96. The molecule has 5 heteroatoms. The maximum absolute atomic E-state index is 12.9. The molecule has 0 spiro atoms. The highest BCUT2D eigenvalue weighted by Crippen LogP contribution is 2.59. The first-order valence-electron chi connectivity index (χ1n) is 5.22. The van der Waals surface area contributed by atoms with E-state index in [1.807, 2.05) is 0 Å². The molecule has 1 aliphatic heterocycles. The lowest BCUT2D eigenvalue weighted by Crippen LogP contribution is -2.64. The first-order chi connectivity index (χ1) is 6.93. The van der Waals surface area contributed by atoms with Crippen molar-refractivity contribution in [1.29, 1.82) is 0 Å². The zero-order valence-corrected chi connectivity index (χ0v) is 9.32. The Hall–Kier alpha value is 0.130. The van der Waals surface area contributed by atoms with E-state index in [0.29, 0.717) is 12.2 Å². The van der Waals surface area contributed by atoms with E-state index in [1.54, 1.807) is 11.8 Å². The van der Waals surface area contributed by atoms with Gasteiger partial charge in [-0.2, -0.15) is 11.8 Å². The predicted molar refractivity (Wildman–Crippen MR) is 55.2 cm³/mol. The summed E-state index contributed by atoms with van der Waals surface area (Å²) in [5.74, 6) is -1.25. The highest BCUT2D eigenvalue weighted by molar-refractivity contribution is 7.99. The second-order valence-corrected chi connectivity index (χ2v) is 5.94. The van der Waals surface area contributed by atoms with Crippen molar-refractivity contribution >= 4 is 11.8 Å². The molecule has 0 amide bonds. The Morgan fingerprint density at radius 1 is 1.27 bits per heavy atom. The summed E-state index contributed by atoms with van der Waals surface area (Å²) < 4.78 is 25.8. The van der Waals surface area contributed by atoms with Crippen LogP contribution in [0.25, 0.3) is 0 Å². The number of aliphatic hydroxyl groups is 2. The first kappa shape index (κ1) is 11.6. The molecule has 1 unspecified atom stereocenters. The van der Waals surface area contributed by atoms with Crippen LogP contribution in [0.15, 0.2) is 0 Å². The largest absolute Gasteiger partial charge is 0.396 e. The highest BCUT2D eigenvalue weighted by Gasteiger charge is 2.65. The summed E-state index contributed by atoms with van der Waals surface area (Å²) in [6, 6.07) is 0.